The van der Waals surface area contributed by atoms with E-state index in [2.05, 4.69) is 21.2 Å². The molecule has 0 fully saturated rings. The third-order valence-electron chi connectivity index (χ3n) is 2.70. The molecule has 0 aliphatic rings. The second kappa shape index (κ2) is 5.48. The number of hydrogen-bond acceptors (Lipinski definition) is 1. The van der Waals surface area contributed by atoms with Gasteiger partial charge < -0.3 is 5.32 Å². The number of nitrogens with one attached hydrogen (secondary N) is 1. The van der Waals surface area contributed by atoms with E-state index in [0.717, 1.165) is 10.0 Å². The summed E-state index contributed by atoms with van der Waals surface area (Å²) in [6.45, 7) is 1.85. The van der Waals surface area contributed by atoms with Crippen molar-refractivity contribution in [3.8, 4) is 0 Å². The minimum atomic E-state index is -0.589. The van der Waals surface area contributed by atoms with E-state index in [0.29, 0.717) is 0 Å². The van der Waals surface area contributed by atoms with Crippen molar-refractivity contribution >= 4 is 21.6 Å². The second-order valence-electron chi connectivity index (χ2n) is 3.98. The molecule has 0 amide bonds. The van der Waals surface area contributed by atoms with Crippen LogP contribution < -0.4 is 5.32 Å². The standard InChI is InChI=1S/C14H12BrF2N/c1-9(10-5-2-3-6-11(10)15)18-14-12(16)7-4-8-13(14)17/h2-9,18H,1H3. The van der Waals surface area contributed by atoms with Crippen LogP contribution in [0.3, 0.4) is 0 Å². The minimum Gasteiger partial charge on any atom is -0.374 e. The van der Waals surface area contributed by atoms with E-state index in [1.807, 2.05) is 31.2 Å². The van der Waals surface area contributed by atoms with Crippen molar-refractivity contribution in [1.29, 1.82) is 0 Å². The number of anilines is 1. The average molecular weight is 312 g/mol. The predicted molar refractivity (Wildman–Crippen MR) is 72.5 cm³/mol. The average Bonchev–Trinajstić information content (AvgIpc) is 2.34. The van der Waals surface area contributed by atoms with Crippen LogP contribution in [0, 0.1) is 11.6 Å². The van der Waals surface area contributed by atoms with Crippen molar-refractivity contribution in [1.82, 2.24) is 0 Å². The molecule has 1 N–H and O–H groups in total. The molecule has 0 spiro atoms. The lowest BCUT2D eigenvalue weighted by molar-refractivity contribution is 0.584. The maximum absolute atomic E-state index is 13.5. The van der Waals surface area contributed by atoms with Gasteiger partial charge in [-0.1, -0.05) is 40.2 Å². The quantitative estimate of drug-likeness (QED) is 0.850. The fourth-order valence-electron chi connectivity index (χ4n) is 1.76. The topological polar surface area (TPSA) is 12.0 Å². The van der Waals surface area contributed by atoms with Gasteiger partial charge in [0.25, 0.3) is 0 Å². The Morgan fingerprint density at radius 1 is 1.00 bits per heavy atom. The van der Waals surface area contributed by atoms with Gasteiger partial charge in [-0.3, -0.25) is 0 Å². The summed E-state index contributed by atoms with van der Waals surface area (Å²) in [4.78, 5) is 0. The van der Waals surface area contributed by atoms with Gasteiger partial charge in [-0.2, -0.15) is 0 Å². The molecule has 0 aliphatic carbocycles. The molecule has 0 bridgehead atoms. The summed E-state index contributed by atoms with van der Waals surface area (Å²) in [5.74, 6) is -1.18. The van der Waals surface area contributed by atoms with Gasteiger partial charge in [-0.05, 0) is 30.7 Å². The van der Waals surface area contributed by atoms with Crippen molar-refractivity contribution in [2.45, 2.75) is 13.0 Å². The molecule has 0 saturated heterocycles. The van der Waals surface area contributed by atoms with Crippen molar-refractivity contribution in [3.05, 3.63) is 64.1 Å². The largest absolute Gasteiger partial charge is 0.374 e. The molecule has 0 aliphatic heterocycles. The lowest BCUT2D eigenvalue weighted by Crippen LogP contribution is -2.10. The van der Waals surface area contributed by atoms with Gasteiger partial charge in [0.15, 0.2) is 0 Å². The Kier molecular flexibility index (Phi) is 3.97. The normalized spacial score (nSPS) is 12.2. The fraction of sp³-hybridized carbons (Fsp3) is 0.143. The van der Waals surface area contributed by atoms with Crippen LogP contribution in [0.1, 0.15) is 18.5 Å². The molecule has 1 unspecified atom stereocenters. The van der Waals surface area contributed by atoms with Gasteiger partial charge in [0.2, 0.25) is 0 Å². The van der Waals surface area contributed by atoms with Crippen LogP contribution in [-0.2, 0) is 0 Å². The van der Waals surface area contributed by atoms with Crippen LogP contribution in [0.25, 0.3) is 0 Å². The van der Waals surface area contributed by atoms with Gasteiger partial charge >= 0.3 is 0 Å². The van der Waals surface area contributed by atoms with Crippen molar-refractivity contribution in [3.63, 3.8) is 0 Å². The van der Waals surface area contributed by atoms with E-state index in [1.165, 1.54) is 18.2 Å². The Hall–Kier alpha value is -1.42. The SMILES string of the molecule is CC(Nc1c(F)cccc1F)c1ccccc1Br. The van der Waals surface area contributed by atoms with Crippen LogP contribution in [0.15, 0.2) is 46.9 Å². The zero-order chi connectivity index (χ0) is 13.1. The first kappa shape index (κ1) is 13.0. The molecule has 2 rings (SSSR count). The zero-order valence-electron chi connectivity index (χ0n) is 9.75. The van der Waals surface area contributed by atoms with Gasteiger partial charge in [-0.15, -0.1) is 0 Å². The second-order valence-corrected chi connectivity index (χ2v) is 4.84. The van der Waals surface area contributed by atoms with Crippen molar-refractivity contribution < 1.29 is 8.78 Å². The molecule has 18 heavy (non-hydrogen) atoms. The van der Waals surface area contributed by atoms with Gasteiger partial charge in [-0.25, -0.2) is 8.78 Å². The fourth-order valence-corrected chi connectivity index (χ4v) is 2.38. The molecule has 94 valence electrons. The van der Waals surface area contributed by atoms with Crippen molar-refractivity contribution in [2.24, 2.45) is 0 Å². The van der Waals surface area contributed by atoms with E-state index in [4.69, 9.17) is 0 Å². The summed E-state index contributed by atoms with van der Waals surface area (Å²) >= 11 is 3.42. The lowest BCUT2D eigenvalue weighted by Gasteiger charge is -2.18. The molecular formula is C14H12BrF2N. The van der Waals surface area contributed by atoms with Crippen LogP contribution in [0.4, 0.5) is 14.5 Å². The highest BCUT2D eigenvalue weighted by Gasteiger charge is 2.13. The van der Waals surface area contributed by atoms with E-state index in [9.17, 15) is 8.78 Å². The smallest absolute Gasteiger partial charge is 0.149 e. The summed E-state index contributed by atoms with van der Waals surface area (Å²) in [5.41, 5.74) is 0.848. The molecule has 2 aromatic carbocycles. The molecule has 2 aromatic rings. The molecular weight excluding hydrogens is 300 g/mol. The molecule has 0 saturated carbocycles. The maximum atomic E-state index is 13.5. The Labute approximate surface area is 113 Å². The first-order valence-corrected chi connectivity index (χ1v) is 6.34. The Morgan fingerprint density at radius 3 is 2.22 bits per heavy atom. The third kappa shape index (κ3) is 2.70. The van der Waals surface area contributed by atoms with Crippen LogP contribution >= 0.6 is 15.9 Å². The number of benzene rings is 2. The number of halogens is 3. The lowest BCUT2D eigenvalue weighted by atomic mass is 10.1. The summed E-state index contributed by atoms with van der Waals surface area (Å²) in [7, 11) is 0. The van der Waals surface area contributed by atoms with Crippen LogP contribution in [-0.4, -0.2) is 0 Å². The maximum Gasteiger partial charge on any atom is 0.149 e. The first-order valence-electron chi connectivity index (χ1n) is 5.54. The summed E-state index contributed by atoms with van der Waals surface area (Å²) in [6.07, 6.45) is 0. The molecule has 1 atom stereocenters. The van der Waals surface area contributed by atoms with Crippen LogP contribution in [0.5, 0.6) is 0 Å². The van der Waals surface area contributed by atoms with Crippen LogP contribution in [0.2, 0.25) is 0 Å². The Morgan fingerprint density at radius 2 is 1.61 bits per heavy atom. The number of para-hydroxylation sites is 1. The number of rotatable bonds is 3. The van der Waals surface area contributed by atoms with Crippen molar-refractivity contribution in [2.75, 3.05) is 5.32 Å². The molecule has 0 heterocycles. The molecule has 4 heteroatoms. The highest BCUT2D eigenvalue weighted by atomic mass is 79.9. The molecule has 1 nitrogen and oxygen atoms in total. The minimum absolute atomic E-state index is 0.0965. The summed E-state index contributed by atoms with van der Waals surface area (Å²) < 4.78 is 27.9. The van der Waals surface area contributed by atoms with E-state index < -0.39 is 11.6 Å². The number of hydrogen-bond donors (Lipinski definition) is 1. The highest BCUT2D eigenvalue weighted by molar-refractivity contribution is 9.10. The summed E-state index contributed by atoms with van der Waals surface area (Å²) in [6, 6.07) is 11.2. The molecule has 0 radical (unpaired) electrons. The van der Waals surface area contributed by atoms with Gasteiger partial charge in [0.05, 0.1) is 0 Å². The van der Waals surface area contributed by atoms with Gasteiger partial charge in [0.1, 0.15) is 17.3 Å². The van der Waals surface area contributed by atoms with Gasteiger partial charge in [0, 0.05) is 10.5 Å². The van der Waals surface area contributed by atoms with E-state index >= 15 is 0 Å². The Balaban J connectivity index is 2.27. The Bertz CT molecular complexity index is 537. The summed E-state index contributed by atoms with van der Waals surface area (Å²) in [5, 5.41) is 2.86. The predicted octanol–water partition coefficient (Wildman–Crippen LogP) is 4.90. The zero-order valence-corrected chi connectivity index (χ0v) is 11.3. The van der Waals surface area contributed by atoms with E-state index in [-0.39, 0.29) is 11.7 Å². The monoisotopic (exact) mass is 311 g/mol. The van der Waals surface area contributed by atoms with E-state index in [1.54, 1.807) is 0 Å². The third-order valence-corrected chi connectivity index (χ3v) is 3.42. The molecule has 0 aromatic heterocycles. The first-order chi connectivity index (χ1) is 8.59. The highest BCUT2D eigenvalue weighted by Crippen LogP contribution is 2.28.